The van der Waals surface area contributed by atoms with Crippen molar-refractivity contribution in [3.8, 4) is 0 Å². The molecule has 0 bridgehead atoms. The van der Waals surface area contributed by atoms with Gasteiger partial charge in [-0.2, -0.15) is 15.0 Å². The fourth-order valence-electron chi connectivity index (χ4n) is 3.08. The van der Waals surface area contributed by atoms with Gasteiger partial charge in [0.15, 0.2) is 0 Å². The molecular formula is C19H27F2N5O3S. The molecule has 8 nitrogen and oxygen atoms in total. The SMILES string of the molecule is CC(C)C[C@H](CO)Nc1nc(C[C@@H](C)c2c(F)cccc2F)nc(NS(C)(=O)=O)n1. The van der Waals surface area contributed by atoms with Gasteiger partial charge in [-0.3, -0.25) is 4.72 Å². The van der Waals surface area contributed by atoms with Crippen molar-refractivity contribution in [3.05, 3.63) is 41.2 Å². The van der Waals surface area contributed by atoms with Gasteiger partial charge in [0, 0.05) is 12.0 Å². The predicted octanol–water partition coefficient (Wildman–Crippen LogP) is 2.69. The summed E-state index contributed by atoms with van der Waals surface area (Å²) < 4.78 is 53.6. The van der Waals surface area contributed by atoms with Gasteiger partial charge < -0.3 is 10.4 Å². The molecule has 0 aliphatic heterocycles. The third kappa shape index (κ3) is 7.13. The molecule has 30 heavy (non-hydrogen) atoms. The van der Waals surface area contributed by atoms with Gasteiger partial charge in [0.25, 0.3) is 0 Å². The maximum Gasteiger partial charge on any atom is 0.241 e. The molecule has 0 radical (unpaired) electrons. The van der Waals surface area contributed by atoms with Crippen LogP contribution in [0.2, 0.25) is 0 Å². The molecule has 1 aromatic carbocycles. The van der Waals surface area contributed by atoms with E-state index in [0.29, 0.717) is 6.42 Å². The van der Waals surface area contributed by atoms with Crippen LogP contribution in [-0.4, -0.2) is 47.4 Å². The van der Waals surface area contributed by atoms with Crippen LogP contribution in [0.5, 0.6) is 0 Å². The van der Waals surface area contributed by atoms with E-state index in [1.165, 1.54) is 18.2 Å². The maximum atomic E-state index is 14.1. The summed E-state index contributed by atoms with van der Waals surface area (Å²) >= 11 is 0. The minimum Gasteiger partial charge on any atom is -0.394 e. The highest BCUT2D eigenvalue weighted by molar-refractivity contribution is 7.91. The first-order valence-electron chi connectivity index (χ1n) is 9.52. The monoisotopic (exact) mass is 443 g/mol. The molecule has 2 rings (SSSR count). The number of aromatic nitrogens is 3. The summed E-state index contributed by atoms with van der Waals surface area (Å²) in [5, 5.41) is 12.6. The Morgan fingerprint density at radius 3 is 2.20 bits per heavy atom. The maximum absolute atomic E-state index is 14.1. The molecule has 0 unspecified atom stereocenters. The number of aliphatic hydroxyl groups excluding tert-OH is 1. The third-order valence-corrected chi connectivity index (χ3v) is 4.80. The van der Waals surface area contributed by atoms with Crippen LogP contribution in [0, 0.1) is 17.6 Å². The summed E-state index contributed by atoms with van der Waals surface area (Å²) in [5.41, 5.74) is -0.0990. The Balaban J connectivity index is 2.36. The van der Waals surface area contributed by atoms with Crippen LogP contribution in [0.1, 0.15) is 44.5 Å². The van der Waals surface area contributed by atoms with Crippen molar-refractivity contribution < 1.29 is 22.3 Å². The molecular weight excluding hydrogens is 416 g/mol. The lowest BCUT2D eigenvalue weighted by Crippen LogP contribution is -2.27. The standard InChI is InChI=1S/C19H27F2N5O3S/c1-11(2)8-13(10-27)22-18-23-16(24-19(25-18)26-30(4,28)29)9-12(3)17-14(20)6-5-7-15(17)21/h5-7,11-13,27H,8-10H2,1-4H3,(H2,22,23,24,25,26)/t12-,13-/m1/s1. The average molecular weight is 444 g/mol. The molecule has 11 heteroatoms. The number of rotatable bonds is 10. The van der Waals surface area contributed by atoms with Gasteiger partial charge in [0.1, 0.15) is 17.5 Å². The summed E-state index contributed by atoms with van der Waals surface area (Å²) in [5.74, 6) is -1.69. The van der Waals surface area contributed by atoms with E-state index >= 15 is 0 Å². The molecule has 0 spiro atoms. The highest BCUT2D eigenvalue weighted by Gasteiger charge is 2.20. The Hall–Kier alpha value is -2.40. The van der Waals surface area contributed by atoms with E-state index in [9.17, 15) is 22.3 Å². The number of nitrogens with one attached hydrogen (secondary N) is 2. The Bertz CT molecular complexity index is 952. The number of sulfonamides is 1. The van der Waals surface area contributed by atoms with E-state index in [-0.39, 0.29) is 48.3 Å². The predicted molar refractivity (Wildman–Crippen MR) is 111 cm³/mol. The lowest BCUT2D eigenvalue weighted by atomic mass is 9.96. The van der Waals surface area contributed by atoms with E-state index in [1.54, 1.807) is 6.92 Å². The number of benzene rings is 1. The van der Waals surface area contributed by atoms with Crippen LogP contribution in [0.15, 0.2) is 18.2 Å². The highest BCUT2D eigenvalue weighted by atomic mass is 32.2. The van der Waals surface area contributed by atoms with E-state index in [4.69, 9.17) is 0 Å². The van der Waals surface area contributed by atoms with Gasteiger partial charge in [-0.15, -0.1) is 0 Å². The van der Waals surface area contributed by atoms with E-state index in [0.717, 1.165) is 6.26 Å². The molecule has 0 saturated carbocycles. The minimum atomic E-state index is -3.66. The van der Waals surface area contributed by atoms with Crippen molar-refractivity contribution in [1.29, 1.82) is 0 Å². The first kappa shape index (κ1) is 23.9. The zero-order valence-corrected chi connectivity index (χ0v) is 18.2. The third-order valence-electron chi connectivity index (χ3n) is 4.25. The van der Waals surface area contributed by atoms with Crippen LogP contribution in [0.3, 0.4) is 0 Å². The average Bonchev–Trinajstić information content (AvgIpc) is 2.58. The molecule has 2 aromatic rings. The van der Waals surface area contributed by atoms with Crippen LogP contribution in [0.4, 0.5) is 20.7 Å². The van der Waals surface area contributed by atoms with Crippen molar-refractivity contribution in [1.82, 2.24) is 15.0 Å². The van der Waals surface area contributed by atoms with Crippen molar-refractivity contribution in [2.24, 2.45) is 5.92 Å². The Morgan fingerprint density at radius 1 is 1.07 bits per heavy atom. The topological polar surface area (TPSA) is 117 Å². The molecule has 166 valence electrons. The molecule has 2 atom stereocenters. The Kier molecular flexibility index (Phi) is 8.02. The number of hydrogen-bond acceptors (Lipinski definition) is 7. The molecule has 0 amide bonds. The number of aliphatic hydroxyl groups is 1. The second-order valence-corrected chi connectivity index (χ2v) is 9.42. The Morgan fingerprint density at radius 2 is 1.67 bits per heavy atom. The van der Waals surface area contributed by atoms with Gasteiger partial charge in [0.2, 0.25) is 21.9 Å². The Labute approximate surface area is 175 Å². The molecule has 1 aromatic heterocycles. The zero-order chi connectivity index (χ0) is 22.5. The van der Waals surface area contributed by atoms with Crippen LogP contribution < -0.4 is 10.0 Å². The lowest BCUT2D eigenvalue weighted by Gasteiger charge is -2.19. The fraction of sp³-hybridized carbons (Fsp3) is 0.526. The molecule has 0 fully saturated rings. The van der Waals surface area contributed by atoms with Crippen molar-refractivity contribution in [2.75, 3.05) is 22.9 Å². The summed E-state index contributed by atoms with van der Waals surface area (Å²) in [6.45, 7) is 5.43. The van der Waals surface area contributed by atoms with Crippen molar-refractivity contribution in [2.45, 2.75) is 45.6 Å². The van der Waals surface area contributed by atoms with E-state index in [2.05, 4.69) is 25.0 Å². The van der Waals surface area contributed by atoms with Gasteiger partial charge in [-0.25, -0.2) is 17.2 Å². The number of halogens is 2. The van der Waals surface area contributed by atoms with E-state index in [1.807, 2.05) is 13.8 Å². The van der Waals surface area contributed by atoms with Crippen LogP contribution in [0.25, 0.3) is 0 Å². The fourth-order valence-corrected chi connectivity index (χ4v) is 3.50. The van der Waals surface area contributed by atoms with Gasteiger partial charge >= 0.3 is 0 Å². The zero-order valence-electron chi connectivity index (χ0n) is 17.4. The second-order valence-electron chi connectivity index (χ2n) is 7.67. The summed E-state index contributed by atoms with van der Waals surface area (Å²) in [7, 11) is -3.66. The molecule has 0 aliphatic carbocycles. The van der Waals surface area contributed by atoms with Crippen molar-refractivity contribution >= 4 is 21.9 Å². The van der Waals surface area contributed by atoms with Crippen LogP contribution in [-0.2, 0) is 16.4 Å². The molecule has 0 saturated heterocycles. The van der Waals surface area contributed by atoms with E-state index < -0.39 is 27.6 Å². The molecule has 3 N–H and O–H groups in total. The van der Waals surface area contributed by atoms with Gasteiger partial charge in [-0.05, 0) is 30.4 Å². The highest BCUT2D eigenvalue weighted by Crippen LogP contribution is 2.25. The number of hydrogen-bond donors (Lipinski definition) is 3. The van der Waals surface area contributed by atoms with Crippen molar-refractivity contribution in [3.63, 3.8) is 0 Å². The first-order chi connectivity index (χ1) is 14.0. The number of anilines is 2. The molecule has 0 aliphatic rings. The summed E-state index contributed by atoms with van der Waals surface area (Å²) in [6, 6.07) is 3.27. The quantitative estimate of drug-likeness (QED) is 0.517. The number of nitrogens with zero attached hydrogens (tertiary/aromatic N) is 3. The smallest absolute Gasteiger partial charge is 0.241 e. The largest absolute Gasteiger partial charge is 0.394 e. The second kappa shape index (κ2) is 10.1. The normalized spacial score (nSPS) is 13.9. The first-order valence-corrected chi connectivity index (χ1v) is 11.4. The summed E-state index contributed by atoms with van der Waals surface area (Å²) in [4.78, 5) is 12.4. The summed E-state index contributed by atoms with van der Waals surface area (Å²) in [6.07, 6.45) is 1.63. The molecule has 1 heterocycles. The van der Waals surface area contributed by atoms with Crippen LogP contribution >= 0.6 is 0 Å². The van der Waals surface area contributed by atoms with Gasteiger partial charge in [0.05, 0.1) is 18.9 Å². The minimum absolute atomic E-state index is 0.0431. The van der Waals surface area contributed by atoms with Gasteiger partial charge in [-0.1, -0.05) is 26.8 Å². The lowest BCUT2D eigenvalue weighted by molar-refractivity contribution is 0.259.